The minimum Gasteiger partial charge on any atom is -0.495 e. The van der Waals surface area contributed by atoms with Gasteiger partial charge in [-0.05, 0) is 42.7 Å². The Morgan fingerprint density at radius 2 is 2.00 bits per heavy atom. The predicted octanol–water partition coefficient (Wildman–Crippen LogP) is 4.21. The van der Waals surface area contributed by atoms with Gasteiger partial charge in [0.15, 0.2) is 0 Å². The number of nitrogens with zero attached hydrogens (tertiary/aromatic N) is 1. The minimum atomic E-state index is -0.345. The summed E-state index contributed by atoms with van der Waals surface area (Å²) in [4.78, 5) is 14.3. The Bertz CT molecular complexity index is 753. The number of hydrogen-bond donors (Lipinski definition) is 2. The number of halogens is 2. The van der Waals surface area contributed by atoms with Crippen molar-refractivity contribution in [3.63, 3.8) is 0 Å². The van der Waals surface area contributed by atoms with Crippen LogP contribution in [0.1, 0.15) is 17.5 Å². The molecule has 0 radical (unpaired) electrons. The minimum absolute atomic E-state index is 0.0312. The average Bonchev–Trinajstić information content (AvgIpc) is 2.63. The number of aryl methyl sites for hydroxylation is 1. The molecule has 140 valence electrons. The Hall–Kier alpha value is -2.31. The summed E-state index contributed by atoms with van der Waals surface area (Å²) >= 11 is 6.09. The van der Waals surface area contributed by atoms with Crippen LogP contribution >= 0.6 is 11.6 Å². The zero-order valence-corrected chi connectivity index (χ0v) is 15.5. The van der Waals surface area contributed by atoms with Gasteiger partial charge in [-0.1, -0.05) is 23.7 Å². The van der Waals surface area contributed by atoms with Gasteiger partial charge in [0.05, 0.1) is 12.8 Å². The molecule has 26 heavy (non-hydrogen) atoms. The van der Waals surface area contributed by atoms with Crippen molar-refractivity contribution in [2.24, 2.45) is 0 Å². The molecule has 0 saturated carbocycles. The molecular weight excluding hydrogens is 359 g/mol. The topological polar surface area (TPSA) is 61.8 Å². The van der Waals surface area contributed by atoms with Gasteiger partial charge in [0.25, 0.3) is 0 Å². The van der Waals surface area contributed by atoms with E-state index in [2.05, 4.69) is 5.32 Å². The number of carbonyl (C=O) groups is 1. The second-order valence-corrected chi connectivity index (χ2v) is 6.26. The van der Waals surface area contributed by atoms with E-state index in [1.807, 2.05) is 6.92 Å². The largest absolute Gasteiger partial charge is 0.495 e. The molecular formula is C19H22ClFN2O3. The van der Waals surface area contributed by atoms with E-state index in [1.165, 1.54) is 19.2 Å². The lowest BCUT2D eigenvalue weighted by molar-refractivity contribution is 0.199. The Labute approximate surface area is 157 Å². The van der Waals surface area contributed by atoms with Crippen LogP contribution in [0.3, 0.4) is 0 Å². The predicted molar refractivity (Wildman–Crippen MR) is 100 cm³/mol. The van der Waals surface area contributed by atoms with E-state index in [0.717, 1.165) is 11.1 Å². The highest BCUT2D eigenvalue weighted by Crippen LogP contribution is 2.31. The van der Waals surface area contributed by atoms with Gasteiger partial charge in [-0.2, -0.15) is 0 Å². The van der Waals surface area contributed by atoms with Crippen molar-refractivity contribution in [2.75, 3.05) is 25.6 Å². The average molecular weight is 381 g/mol. The SMILES string of the molecule is COc1cc(Cl)c(C)cc1NC(=O)N(CCCO)Cc1ccc(F)cc1. The molecule has 2 N–H and O–H groups in total. The van der Waals surface area contributed by atoms with E-state index in [9.17, 15) is 9.18 Å². The molecule has 2 aromatic rings. The third-order valence-corrected chi connectivity index (χ3v) is 4.29. The molecule has 2 amide bonds. The number of hydrogen-bond acceptors (Lipinski definition) is 3. The molecule has 5 nitrogen and oxygen atoms in total. The summed E-state index contributed by atoms with van der Waals surface area (Å²) < 4.78 is 18.4. The summed E-state index contributed by atoms with van der Waals surface area (Å²) in [5.74, 6) is 0.124. The molecule has 0 unspecified atom stereocenters. The third kappa shape index (κ3) is 5.34. The smallest absolute Gasteiger partial charge is 0.322 e. The number of amides is 2. The quantitative estimate of drug-likeness (QED) is 0.756. The molecule has 7 heteroatoms. The van der Waals surface area contributed by atoms with Crippen molar-refractivity contribution >= 4 is 23.3 Å². The molecule has 0 heterocycles. The van der Waals surface area contributed by atoms with Crippen LogP contribution in [0.4, 0.5) is 14.9 Å². The number of urea groups is 1. The van der Waals surface area contributed by atoms with E-state index in [0.29, 0.717) is 36.0 Å². The van der Waals surface area contributed by atoms with Crippen molar-refractivity contribution < 1.29 is 19.0 Å². The molecule has 2 aromatic carbocycles. The number of benzene rings is 2. The van der Waals surface area contributed by atoms with Crippen LogP contribution in [0.2, 0.25) is 5.02 Å². The zero-order chi connectivity index (χ0) is 19.1. The second-order valence-electron chi connectivity index (χ2n) is 5.86. The summed E-state index contributed by atoms with van der Waals surface area (Å²) in [6.45, 7) is 2.45. The molecule has 0 aromatic heterocycles. The lowest BCUT2D eigenvalue weighted by Crippen LogP contribution is -2.35. The number of carbonyl (C=O) groups excluding carboxylic acids is 1. The van der Waals surface area contributed by atoms with Gasteiger partial charge in [-0.15, -0.1) is 0 Å². The van der Waals surface area contributed by atoms with Gasteiger partial charge < -0.3 is 20.1 Å². The number of rotatable bonds is 7. The Morgan fingerprint density at radius 3 is 2.62 bits per heavy atom. The molecule has 0 bridgehead atoms. The first-order valence-corrected chi connectivity index (χ1v) is 8.57. The maximum atomic E-state index is 13.1. The van der Waals surface area contributed by atoms with E-state index in [4.69, 9.17) is 21.4 Å². The van der Waals surface area contributed by atoms with E-state index in [1.54, 1.807) is 29.2 Å². The highest BCUT2D eigenvalue weighted by Gasteiger charge is 2.17. The lowest BCUT2D eigenvalue weighted by Gasteiger charge is -2.24. The number of aliphatic hydroxyl groups excluding tert-OH is 1. The third-order valence-electron chi connectivity index (χ3n) is 3.88. The van der Waals surface area contributed by atoms with E-state index < -0.39 is 0 Å². The van der Waals surface area contributed by atoms with Crippen molar-refractivity contribution in [2.45, 2.75) is 19.9 Å². The Kier molecular flexibility index (Phi) is 7.24. The van der Waals surface area contributed by atoms with Gasteiger partial charge in [0.2, 0.25) is 0 Å². The zero-order valence-electron chi connectivity index (χ0n) is 14.8. The number of methoxy groups -OCH3 is 1. The standard InChI is InChI=1S/C19H22ClFN2O3/c1-13-10-17(18(26-2)11-16(13)20)22-19(25)23(8-3-9-24)12-14-4-6-15(21)7-5-14/h4-7,10-11,24H,3,8-9,12H2,1-2H3,(H,22,25). The number of aliphatic hydroxyl groups is 1. The highest BCUT2D eigenvalue weighted by molar-refractivity contribution is 6.31. The molecule has 0 fully saturated rings. The first-order valence-electron chi connectivity index (χ1n) is 8.20. The van der Waals surface area contributed by atoms with E-state index >= 15 is 0 Å². The second kappa shape index (κ2) is 9.40. The summed E-state index contributed by atoms with van der Waals surface area (Å²) in [5, 5.41) is 12.5. The number of anilines is 1. The number of ether oxygens (including phenoxy) is 1. The van der Waals surface area contributed by atoms with Gasteiger partial charge in [0, 0.05) is 30.8 Å². The van der Waals surface area contributed by atoms with Gasteiger partial charge in [0.1, 0.15) is 11.6 Å². The van der Waals surface area contributed by atoms with Crippen LogP contribution in [0.15, 0.2) is 36.4 Å². The van der Waals surface area contributed by atoms with Crippen LogP contribution < -0.4 is 10.1 Å². The normalized spacial score (nSPS) is 10.5. The molecule has 0 aliphatic rings. The lowest BCUT2D eigenvalue weighted by atomic mass is 10.2. The molecule has 2 rings (SSSR count). The van der Waals surface area contributed by atoms with Crippen molar-refractivity contribution in [3.8, 4) is 5.75 Å². The van der Waals surface area contributed by atoms with Crippen LogP contribution in [-0.4, -0.2) is 36.3 Å². The van der Waals surface area contributed by atoms with Crippen LogP contribution in [-0.2, 0) is 6.54 Å². The fourth-order valence-electron chi connectivity index (χ4n) is 2.45. The van der Waals surface area contributed by atoms with E-state index in [-0.39, 0.29) is 18.5 Å². The van der Waals surface area contributed by atoms with Gasteiger partial charge in [-0.25, -0.2) is 9.18 Å². The summed E-state index contributed by atoms with van der Waals surface area (Å²) in [5.41, 5.74) is 2.11. The molecule has 0 spiro atoms. The van der Waals surface area contributed by atoms with Crippen molar-refractivity contribution in [1.82, 2.24) is 4.90 Å². The molecule has 0 saturated heterocycles. The molecule has 0 aliphatic carbocycles. The maximum absolute atomic E-state index is 13.1. The molecule has 0 atom stereocenters. The first kappa shape index (κ1) is 20.0. The molecule has 0 aliphatic heterocycles. The van der Waals surface area contributed by atoms with Crippen LogP contribution in [0, 0.1) is 12.7 Å². The fraction of sp³-hybridized carbons (Fsp3) is 0.316. The van der Waals surface area contributed by atoms with Gasteiger partial charge >= 0.3 is 6.03 Å². The monoisotopic (exact) mass is 380 g/mol. The van der Waals surface area contributed by atoms with Gasteiger partial charge in [-0.3, -0.25) is 0 Å². The van der Waals surface area contributed by atoms with Crippen LogP contribution in [0.25, 0.3) is 0 Å². The van der Waals surface area contributed by atoms with Crippen molar-refractivity contribution in [1.29, 1.82) is 0 Å². The number of nitrogens with one attached hydrogen (secondary N) is 1. The Balaban J connectivity index is 2.18. The summed E-state index contributed by atoms with van der Waals surface area (Å²) in [7, 11) is 1.50. The first-order chi connectivity index (χ1) is 12.4. The summed E-state index contributed by atoms with van der Waals surface area (Å²) in [6, 6.07) is 8.99. The maximum Gasteiger partial charge on any atom is 0.322 e. The summed E-state index contributed by atoms with van der Waals surface area (Å²) in [6.07, 6.45) is 0.436. The van der Waals surface area contributed by atoms with Crippen molar-refractivity contribution in [3.05, 3.63) is 58.4 Å². The fourth-order valence-corrected chi connectivity index (χ4v) is 2.60. The Morgan fingerprint density at radius 1 is 1.31 bits per heavy atom. The van der Waals surface area contributed by atoms with Crippen LogP contribution in [0.5, 0.6) is 5.75 Å². The highest BCUT2D eigenvalue weighted by atomic mass is 35.5.